The van der Waals surface area contributed by atoms with E-state index >= 15 is 0 Å². The summed E-state index contributed by atoms with van der Waals surface area (Å²) in [6, 6.07) is 7.15. The second-order valence-corrected chi connectivity index (χ2v) is 6.76. The molecule has 2 aliphatic carbocycles. The van der Waals surface area contributed by atoms with E-state index in [0.29, 0.717) is 17.5 Å². The Labute approximate surface area is 115 Å². The van der Waals surface area contributed by atoms with Crippen molar-refractivity contribution in [2.45, 2.75) is 47.0 Å². The molecule has 2 nitrogen and oxygen atoms in total. The summed E-state index contributed by atoms with van der Waals surface area (Å²) < 4.78 is 0. The number of phenolic OH excluding ortho intramolecular Hbond substituents is 1. The average molecular weight is 260 g/mol. The summed E-state index contributed by atoms with van der Waals surface area (Å²) in [6.45, 7) is 8.62. The molecule has 1 aromatic carbocycles. The van der Waals surface area contributed by atoms with E-state index < -0.39 is 0 Å². The van der Waals surface area contributed by atoms with E-state index in [1.54, 1.807) is 12.1 Å². The second kappa shape index (κ2) is 4.66. The molecule has 0 radical (unpaired) electrons. The second-order valence-electron chi connectivity index (χ2n) is 6.76. The first kappa shape index (κ1) is 14.1. The number of carbonyl (C=O) groups excluding carboxylic acids is 1. The largest absolute Gasteiger partial charge is 0.508 e. The molecular weight excluding hydrogens is 236 g/mol. The maximum absolute atomic E-state index is 11.6. The highest BCUT2D eigenvalue weighted by molar-refractivity contribution is 5.89. The van der Waals surface area contributed by atoms with Gasteiger partial charge in [-0.3, -0.25) is 4.79 Å². The Hall–Kier alpha value is -1.31. The third-order valence-corrected chi connectivity index (χ3v) is 5.48. The maximum atomic E-state index is 11.6. The topological polar surface area (TPSA) is 37.3 Å². The van der Waals surface area contributed by atoms with Crippen molar-refractivity contribution in [3.05, 3.63) is 29.8 Å². The summed E-state index contributed by atoms with van der Waals surface area (Å²) in [5, 5.41) is 8.81. The number of hydrogen-bond donors (Lipinski definition) is 1. The molecule has 2 saturated carbocycles. The number of benzene rings is 1. The molecule has 0 spiro atoms. The number of aromatic hydroxyl groups is 1. The Morgan fingerprint density at radius 2 is 1.95 bits per heavy atom. The van der Waals surface area contributed by atoms with E-state index in [1.165, 1.54) is 6.42 Å². The highest BCUT2D eigenvalue weighted by atomic mass is 16.3. The molecule has 2 bridgehead atoms. The van der Waals surface area contributed by atoms with Crippen LogP contribution in [0, 0.1) is 23.7 Å². The number of ketones is 1. The quantitative estimate of drug-likeness (QED) is 0.762. The third kappa shape index (κ3) is 2.29. The van der Waals surface area contributed by atoms with Crippen LogP contribution in [0.3, 0.4) is 0 Å². The zero-order chi connectivity index (χ0) is 14.3. The molecule has 0 aliphatic heterocycles. The van der Waals surface area contributed by atoms with E-state index in [2.05, 4.69) is 20.8 Å². The third-order valence-electron chi connectivity index (χ3n) is 5.48. The molecule has 19 heavy (non-hydrogen) atoms. The van der Waals surface area contributed by atoms with Crippen molar-refractivity contribution in [3.8, 4) is 5.75 Å². The van der Waals surface area contributed by atoms with Crippen LogP contribution in [0.5, 0.6) is 5.75 Å². The van der Waals surface area contributed by atoms with Gasteiger partial charge in [0.1, 0.15) is 11.5 Å². The van der Waals surface area contributed by atoms with Crippen molar-refractivity contribution in [1.82, 2.24) is 0 Å². The first-order chi connectivity index (χ1) is 8.77. The monoisotopic (exact) mass is 260 g/mol. The number of fused-ring (bicyclic) bond motifs is 2. The lowest BCUT2D eigenvalue weighted by atomic mass is 9.70. The number of Topliss-reactive ketones (excluding diaryl/α,β-unsaturated/α-hetero) is 1. The van der Waals surface area contributed by atoms with E-state index in [9.17, 15) is 4.79 Å². The molecule has 2 heteroatoms. The van der Waals surface area contributed by atoms with Crippen LogP contribution in [0.1, 0.15) is 45.6 Å². The lowest BCUT2D eigenvalue weighted by Crippen LogP contribution is -2.32. The zero-order valence-corrected chi connectivity index (χ0v) is 12.4. The van der Waals surface area contributed by atoms with Crippen LogP contribution in [-0.4, -0.2) is 10.9 Å². The molecule has 2 atom stereocenters. The smallest absolute Gasteiger partial charge is 0.139 e. The van der Waals surface area contributed by atoms with Crippen molar-refractivity contribution in [3.63, 3.8) is 0 Å². The fourth-order valence-electron chi connectivity index (χ4n) is 3.53. The van der Waals surface area contributed by atoms with Crippen LogP contribution >= 0.6 is 0 Å². The van der Waals surface area contributed by atoms with Gasteiger partial charge in [-0.2, -0.15) is 0 Å². The van der Waals surface area contributed by atoms with Gasteiger partial charge in [0.25, 0.3) is 0 Å². The molecule has 2 unspecified atom stereocenters. The predicted octanol–water partition coefficient (Wildman–Crippen LogP) is 4.10. The van der Waals surface area contributed by atoms with Gasteiger partial charge in [-0.25, -0.2) is 0 Å². The molecule has 0 saturated heterocycles. The lowest BCUT2D eigenvalue weighted by Gasteiger charge is -2.32. The molecule has 0 heterocycles. The number of hydrogen-bond acceptors (Lipinski definition) is 2. The maximum Gasteiger partial charge on any atom is 0.139 e. The Balaban J connectivity index is 0.000000148. The van der Waals surface area contributed by atoms with E-state index in [-0.39, 0.29) is 10.8 Å². The minimum atomic E-state index is 0.0255. The van der Waals surface area contributed by atoms with Crippen LogP contribution in [0.2, 0.25) is 0 Å². The van der Waals surface area contributed by atoms with Crippen molar-refractivity contribution in [1.29, 1.82) is 0 Å². The van der Waals surface area contributed by atoms with Gasteiger partial charge in [0.2, 0.25) is 0 Å². The standard InChI is InChI=1S/C10H16O.C7H8O/c1-9(2)7-4-5-10(9,3)8(11)6-7;1-6-3-2-4-7(8)5-6/h7H,4-6H2,1-3H3;2-5,8H,1H3. The van der Waals surface area contributed by atoms with Crippen LogP contribution in [0.4, 0.5) is 0 Å². The van der Waals surface area contributed by atoms with Gasteiger partial charge in [0, 0.05) is 11.8 Å². The van der Waals surface area contributed by atoms with Crippen LogP contribution in [0.25, 0.3) is 0 Å². The zero-order valence-electron chi connectivity index (χ0n) is 12.4. The molecule has 2 fully saturated rings. The average Bonchev–Trinajstić information content (AvgIpc) is 2.62. The molecular formula is C17H24O2. The number of carbonyl (C=O) groups is 1. The van der Waals surface area contributed by atoms with Crippen LogP contribution in [0.15, 0.2) is 24.3 Å². The minimum absolute atomic E-state index is 0.0255. The van der Waals surface area contributed by atoms with Crippen LogP contribution < -0.4 is 0 Å². The first-order valence-electron chi connectivity index (χ1n) is 7.06. The minimum Gasteiger partial charge on any atom is -0.508 e. The fourth-order valence-corrected chi connectivity index (χ4v) is 3.53. The highest BCUT2D eigenvalue weighted by Gasteiger charge is 2.61. The summed E-state index contributed by atoms with van der Waals surface area (Å²) in [7, 11) is 0. The SMILES string of the molecule is CC12CCC(CC1=O)C2(C)C.Cc1cccc(O)c1. The van der Waals surface area contributed by atoms with Gasteiger partial charge in [-0.15, -0.1) is 0 Å². The number of rotatable bonds is 0. The van der Waals surface area contributed by atoms with Crippen molar-refractivity contribution < 1.29 is 9.90 Å². The number of aryl methyl sites for hydroxylation is 1. The summed E-state index contributed by atoms with van der Waals surface area (Å²) in [4.78, 5) is 11.6. The van der Waals surface area contributed by atoms with Gasteiger partial charge >= 0.3 is 0 Å². The van der Waals surface area contributed by atoms with Gasteiger partial charge in [0.15, 0.2) is 0 Å². The fraction of sp³-hybridized carbons (Fsp3) is 0.588. The Morgan fingerprint density at radius 3 is 2.21 bits per heavy atom. The molecule has 104 valence electrons. The Morgan fingerprint density at radius 1 is 1.26 bits per heavy atom. The van der Waals surface area contributed by atoms with Crippen molar-refractivity contribution in [2.75, 3.05) is 0 Å². The van der Waals surface area contributed by atoms with Crippen LogP contribution in [-0.2, 0) is 4.79 Å². The highest BCUT2D eigenvalue weighted by Crippen LogP contribution is 2.63. The molecule has 2 aliphatic rings. The van der Waals surface area contributed by atoms with Gasteiger partial charge in [0.05, 0.1) is 0 Å². The van der Waals surface area contributed by atoms with Gasteiger partial charge in [-0.1, -0.05) is 32.9 Å². The molecule has 1 N–H and O–H groups in total. The molecule has 3 rings (SSSR count). The van der Waals surface area contributed by atoms with Crippen molar-refractivity contribution >= 4 is 5.78 Å². The van der Waals surface area contributed by atoms with E-state index in [4.69, 9.17) is 5.11 Å². The van der Waals surface area contributed by atoms with Gasteiger partial charge in [-0.05, 0) is 48.8 Å². The first-order valence-corrected chi connectivity index (χ1v) is 7.06. The molecule has 0 aromatic heterocycles. The summed E-state index contributed by atoms with van der Waals surface area (Å²) in [6.07, 6.45) is 3.25. The number of phenols is 1. The normalized spacial score (nSPS) is 30.9. The summed E-state index contributed by atoms with van der Waals surface area (Å²) in [5.74, 6) is 1.53. The Bertz CT molecular complexity index is 473. The van der Waals surface area contributed by atoms with E-state index in [1.807, 2.05) is 19.1 Å². The lowest BCUT2D eigenvalue weighted by molar-refractivity contribution is -0.128. The Kier molecular flexibility index (Phi) is 3.46. The molecule has 0 amide bonds. The molecule has 1 aromatic rings. The predicted molar refractivity (Wildman–Crippen MR) is 77.1 cm³/mol. The summed E-state index contributed by atoms with van der Waals surface area (Å²) >= 11 is 0. The van der Waals surface area contributed by atoms with E-state index in [0.717, 1.165) is 18.4 Å². The summed E-state index contributed by atoms with van der Waals surface area (Å²) in [5.41, 5.74) is 1.40. The van der Waals surface area contributed by atoms with Crippen molar-refractivity contribution in [2.24, 2.45) is 16.7 Å². The van der Waals surface area contributed by atoms with Gasteiger partial charge < -0.3 is 5.11 Å².